The summed E-state index contributed by atoms with van der Waals surface area (Å²) in [5, 5.41) is 2.97. The number of carbonyl (C=O) groups excluding carboxylic acids is 1. The van der Waals surface area contributed by atoms with Crippen molar-refractivity contribution in [2.24, 2.45) is 0 Å². The monoisotopic (exact) mass is 427 g/mol. The number of para-hydroxylation sites is 1. The summed E-state index contributed by atoms with van der Waals surface area (Å²) in [5.41, 5.74) is 1.38. The number of hydrogen-bond donors (Lipinski definition) is 1. The number of ketones is 1. The Hall–Kier alpha value is -3.55. The van der Waals surface area contributed by atoms with E-state index in [4.69, 9.17) is 0 Å². The van der Waals surface area contributed by atoms with E-state index in [-0.39, 0.29) is 22.5 Å². The zero-order valence-electron chi connectivity index (χ0n) is 17.2. The average molecular weight is 427 g/mol. The topological polar surface area (TPSA) is 56.0 Å². The van der Waals surface area contributed by atoms with Crippen molar-refractivity contribution in [3.63, 3.8) is 0 Å². The van der Waals surface area contributed by atoms with Crippen LogP contribution in [0.3, 0.4) is 0 Å². The number of fused-ring (bicyclic) bond motifs is 1. The molecular weight excluding hydrogens is 407 g/mol. The number of allylic oxidation sites excluding steroid dienone is 1. The minimum atomic E-state index is -4.50. The molecule has 2 aromatic heterocycles. The van der Waals surface area contributed by atoms with Gasteiger partial charge in [-0.2, -0.15) is 13.2 Å². The zero-order valence-corrected chi connectivity index (χ0v) is 17.2. The Morgan fingerprint density at radius 3 is 2.48 bits per heavy atom. The quantitative estimate of drug-likeness (QED) is 0.602. The molecule has 3 aromatic rings. The van der Waals surface area contributed by atoms with Gasteiger partial charge in [0, 0.05) is 24.1 Å². The van der Waals surface area contributed by atoms with Crippen LogP contribution in [0.4, 0.5) is 18.9 Å². The van der Waals surface area contributed by atoms with Crippen molar-refractivity contribution in [1.82, 2.24) is 9.13 Å². The molecule has 5 nitrogen and oxygen atoms in total. The predicted molar refractivity (Wildman–Crippen MR) is 113 cm³/mol. The molecule has 0 saturated carbocycles. The highest BCUT2D eigenvalue weighted by atomic mass is 19.4. The Balaban J connectivity index is 1.80. The van der Waals surface area contributed by atoms with Crippen molar-refractivity contribution < 1.29 is 18.0 Å². The predicted octanol–water partition coefficient (Wildman–Crippen LogP) is 4.94. The fourth-order valence-corrected chi connectivity index (χ4v) is 3.95. The molecule has 0 atom stereocenters. The second kappa shape index (κ2) is 7.30. The van der Waals surface area contributed by atoms with Gasteiger partial charge in [0.25, 0.3) is 5.56 Å². The van der Waals surface area contributed by atoms with E-state index in [2.05, 4.69) is 5.32 Å². The number of aryl methyl sites for hydroxylation is 2. The lowest BCUT2D eigenvalue weighted by atomic mass is 10.1. The van der Waals surface area contributed by atoms with Gasteiger partial charge in [0.15, 0.2) is 0 Å². The molecule has 0 radical (unpaired) electrons. The largest absolute Gasteiger partial charge is 0.418 e. The first-order valence-corrected chi connectivity index (χ1v) is 9.76. The van der Waals surface area contributed by atoms with E-state index in [0.29, 0.717) is 29.2 Å². The highest BCUT2D eigenvalue weighted by molar-refractivity contribution is 6.20. The number of Topliss-reactive ketones (excluding diaryl/α,β-unsaturated/α-hetero) is 1. The van der Waals surface area contributed by atoms with Gasteiger partial charge < -0.3 is 14.5 Å². The van der Waals surface area contributed by atoms with Crippen LogP contribution in [0.25, 0.3) is 11.8 Å². The summed E-state index contributed by atoms with van der Waals surface area (Å²) in [7, 11) is 0. The van der Waals surface area contributed by atoms with Gasteiger partial charge in [0.2, 0.25) is 5.78 Å². The molecule has 0 unspecified atom stereocenters. The maximum Gasteiger partial charge on any atom is 0.418 e. The number of hydrogen-bond acceptors (Lipinski definition) is 3. The van der Waals surface area contributed by atoms with E-state index in [1.165, 1.54) is 21.3 Å². The number of nitrogens with zero attached hydrogens (tertiary/aromatic N) is 2. The van der Waals surface area contributed by atoms with Crippen molar-refractivity contribution in [3.8, 4) is 5.69 Å². The molecule has 1 N–H and O–H groups in total. The van der Waals surface area contributed by atoms with Crippen molar-refractivity contribution in [1.29, 1.82) is 0 Å². The third-order valence-corrected chi connectivity index (χ3v) is 5.47. The van der Waals surface area contributed by atoms with Gasteiger partial charge in [-0.3, -0.25) is 9.59 Å². The number of alkyl halides is 3. The summed E-state index contributed by atoms with van der Waals surface area (Å²) < 4.78 is 43.5. The third-order valence-electron chi connectivity index (χ3n) is 5.47. The number of carbonyl (C=O) groups is 1. The average Bonchev–Trinajstić information content (AvgIpc) is 3.18. The summed E-state index contributed by atoms with van der Waals surface area (Å²) in [5.74, 6) is -0.428. The summed E-state index contributed by atoms with van der Waals surface area (Å²) in [6.07, 6.45) is -1.31. The van der Waals surface area contributed by atoms with Crippen LogP contribution < -0.4 is 10.9 Å². The highest BCUT2D eigenvalue weighted by Crippen LogP contribution is 2.36. The van der Waals surface area contributed by atoms with Crippen LogP contribution in [0.2, 0.25) is 0 Å². The van der Waals surface area contributed by atoms with Crippen LogP contribution in [-0.2, 0) is 12.7 Å². The molecule has 31 heavy (non-hydrogen) atoms. The molecule has 8 heteroatoms. The molecule has 0 aliphatic carbocycles. The molecule has 160 valence electrons. The fourth-order valence-electron chi connectivity index (χ4n) is 3.95. The van der Waals surface area contributed by atoms with Crippen molar-refractivity contribution >= 4 is 17.5 Å². The lowest BCUT2D eigenvalue weighted by molar-refractivity contribution is -0.137. The van der Waals surface area contributed by atoms with Gasteiger partial charge >= 0.3 is 6.18 Å². The van der Waals surface area contributed by atoms with E-state index in [0.717, 1.165) is 6.07 Å². The van der Waals surface area contributed by atoms with Crippen LogP contribution in [0, 0.1) is 13.8 Å². The zero-order chi connectivity index (χ0) is 22.5. The maximum absolute atomic E-state index is 13.5. The minimum absolute atomic E-state index is 0.0227. The molecule has 1 aliphatic heterocycles. The molecule has 1 aliphatic rings. The molecular formula is C23H20F3N3O2. The first kappa shape index (κ1) is 20.7. The Labute approximate surface area is 176 Å². The van der Waals surface area contributed by atoms with Crippen molar-refractivity contribution in [2.45, 2.75) is 33.5 Å². The molecule has 0 spiro atoms. The number of pyridine rings is 1. The van der Waals surface area contributed by atoms with E-state index in [1.54, 1.807) is 44.3 Å². The minimum Gasteiger partial charge on any atom is -0.351 e. The first-order chi connectivity index (χ1) is 14.6. The van der Waals surface area contributed by atoms with Gasteiger partial charge in [-0.15, -0.1) is 0 Å². The summed E-state index contributed by atoms with van der Waals surface area (Å²) in [6, 6.07) is 8.76. The standard InChI is InChI=1S/C23H20F3N3O2/c1-4-28-10-9-17-20(22(28)31)21(30)18(27-17)12-15-11-13(2)29(14(15)3)19-8-6-5-7-16(19)23(24,25)26/h5-12,27H,4H2,1-3H3/b18-12+. The molecule has 3 heterocycles. The van der Waals surface area contributed by atoms with Gasteiger partial charge in [-0.05, 0) is 56.7 Å². The Bertz CT molecular complexity index is 1300. The van der Waals surface area contributed by atoms with Gasteiger partial charge in [0.1, 0.15) is 5.56 Å². The lowest BCUT2D eigenvalue weighted by Gasteiger charge is -2.16. The van der Waals surface area contributed by atoms with Crippen molar-refractivity contribution in [2.75, 3.05) is 5.32 Å². The van der Waals surface area contributed by atoms with Crippen LogP contribution in [0.5, 0.6) is 0 Å². The Morgan fingerprint density at radius 2 is 1.81 bits per heavy atom. The molecule has 1 aromatic carbocycles. The Kier molecular flexibility index (Phi) is 4.88. The SMILES string of the molecule is CCn1ccc2c(c1=O)C(=O)/C(=C\c1cc(C)n(-c3ccccc3C(F)(F)F)c1C)N2. The Morgan fingerprint density at radius 1 is 1.10 bits per heavy atom. The number of benzene rings is 1. The van der Waals surface area contributed by atoms with Gasteiger partial charge in [-0.1, -0.05) is 12.1 Å². The molecule has 0 amide bonds. The van der Waals surface area contributed by atoms with Crippen LogP contribution >= 0.6 is 0 Å². The van der Waals surface area contributed by atoms with E-state index in [1.807, 2.05) is 6.92 Å². The third kappa shape index (κ3) is 3.37. The highest BCUT2D eigenvalue weighted by Gasteiger charge is 2.34. The summed E-state index contributed by atoms with van der Waals surface area (Å²) in [6.45, 7) is 5.66. The van der Waals surface area contributed by atoms with Crippen LogP contribution in [0.1, 0.15) is 39.8 Å². The van der Waals surface area contributed by atoms with Crippen LogP contribution in [-0.4, -0.2) is 14.9 Å². The number of anilines is 1. The smallest absolute Gasteiger partial charge is 0.351 e. The first-order valence-electron chi connectivity index (χ1n) is 9.76. The number of aromatic nitrogens is 2. The number of nitrogens with one attached hydrogen (secondary N) is 1. The second-order valence-electron chi connectivity index (χ2n) is 7.38. The molecule has 0 fully saturated rings. The number of halogens is 3. The van der Waals surface area contributed by atoms with Crippen LogP contribution in [0.15, 0.2) is 53.1 Å². The maximum atomic E-state index is 13.5. The summed E-state index contributed by atoms with van der Waals surface area (Å²) in [4.78, 5) is 25.4. The van der Waals surface area contributed by atoms with Gasteiger partial charge in [0.05, 0.1) is 22.6 Å². The number of rotatable bonds is 3. The summed E-state index contributed by atoms with van der Waals surface area (Å²) >= 11 is 0. The second-order valence-corrected chi connectivity index (χ2v) is 7.38. The van der Waals surface area contributed by atoms with E-state index < -0.39 is 17.5 Å². The molecule has 0 bridgehead atoms. The normalized spacial score (nSPS) is 14.8. The molecule has 0 saturated heterocycles. The van der Waals surface area contributed by atoms with E-state index >= 15 is 0 Å². The molecule has 4 rings (SSSR count). The van der Waals surface area contributed by atoms with Crippen molar-refractivity contribution in [3.05, 3.63) is 86.7 Å². The van der Waals surface area contributed by atoms with Gasteiger partial charge in [-0.25, -0.2) is 0 Å². The fraction of sp³-hybridized carbons (Fsp3) is 0.217. The van der Waals surface area contributed by atoms with E-state index in [9.17, 15) is 22.8 Å². The lowest BCUT2D eigenvalue weighted by Crippen LogP contribution is -2.23.